The van der Waals surface area contributed by atoms with Gasteiger partial charge in [-0.05, 0) is 25.1 Å². The number of carbonyl (C=O) groups is 1. The zero-order valence-electron chi connectivity index (χ0n) is 13.4. The van der Waals surface area contributed by atoms with Crippen LogP contribution in [0.4, 0.5) is 4.39 Å². The second kappa shape index (κ2) is 6.88. The predicted molar refractivity (Wildman–Crippen MR) is 92.3 cm³/mol. The first kappa shape index (κ1) is 16.3. The van der Waals surface area contributed by atoms with Crippen molar-refractivity contribution in [2.75, 3.05) is 7.05 Å². The summed E-state index contributed by atoms with van der Waals surface area (Å²) in [6, 6.07) is 10.2. The summed E-state index contributed by atoms with van der Waals surface area (Å²) >= 11 is 1.33. The fourth-order valence-corrected chi connectivity index (χ4v) is 3.39. The number of amides is 1. The highest BCUT2D eigenvalue weighted by Gasteiger charge is 2.20. The third-order valence-corrected chi connectivity index (χ3v) is 4.81. The minimum absolute atomic E-state index is 0.164. The highest BCUT2D eigenvalue weighted by molar-refractivity contribution is 7.17. The lowest BCUT2D eigenvalue weighted by Gasteiger charge is -2.17. The maximum atomic E-state index is 13.8. The molecule has 2 aromatic heterocycles. The van der Waals surface area contributed by atoms with Gasteiger partial charge in [0, 0.05) is 37.1 Å². The van der Waals surface area contributed by atoms with Crippen LogP contribution in [-0.2, 0) is 6.54 Å². The average Bonchev–Trinajstić information content (AvgIpc) is 2.99. The topological polar surface area (TPSA) is 46.1 Å². The molecule has 0 fully saturated rings. The Labute approximate surface area is 143 Å². The lowest BCUT2D eigenvalue weighted by atomic mass is 10.2. The Balaban J connectivity index is 1.82. The normalized spacial score (nSPS) is 10.6. The molecule has 24 heavy (non-hydrogen) atoms. The van der Waals surface area contributed by atoms with Gasteiger partial charge in [0.1, 0.15) is 15.7 Å². The molecule has 0 saturated carbocycles. The SMILES string of the molecule is Cc1nc(-c2cccnc2)sc1C(=O)N(C)Cc1ccccc1F. The number of aromatic nitrogens is 2. The Morgan fingerprint density at radius 2 is 2.04 bits per heavy atom. The molecule has 1 amide bonds. The number of thiazole rings is 1. The molecule has 6 heteroatoms. The Kier molecular flexibility index (Phi) is 4.66. The van der Waals surface area contributed by atoms with E-state index in [1.165, 1.54) is 22.3 Å². The van der Waals surface area contributed by atoms with Gasteiger partial charge in [0.05, 0.1) is 5.69 Å². The standard InChI is InChI=1S/C18H16FN3OS/c1-12-16(24-17(21-12)13-7-5-9-20-10-13)18(23)22(2)11-14-6-3-4-8-15(14)19/h3-10H,11H2,1-2H3. The van der Waals surface area contributed by atoms with Crippen molar-refractivity contribution >= 4 is 17.2 Å². The van der Waals surface area contributed by atoms with E-state index in [1.807, 2.05) is 12.1 Å². The van der Waals surface area contributed by atoms with E-state index >= 15 is 0 Å². The summed E-state index contributed by atoms with van der Waals surface area (Å²) in [5.74, 6) is -0.474. The van der Waals surface area contributed by atoms with Crippen molar-refractivity contribution in [1.29, 1.82) is 0 Å². The monoisotopic (exact) mass is 341 g/mol. The quantitative estimate of drug-likeness (QED) is 0.722. The summed E-state index contributed by atoms with van der Waals surface area (Å²) in [7, 11) is 1.66. The molecule has 122 valence electrons. The number of benzene rings is 1. The first-order valence-electron chi connectivity index (χ1n) is 7.43. The van der Waals surface area contributed by atoms with Gasteiger partial charge in [-0.25, -0.2) is 9.37 Å². The summed E-state index contributed by atoms with van der Waals surface area (Å²) in [5.41, 5.74) is 2.04. The number of rotatable bonds is 4. The van der Waals surface area contributed by atoms with Gasteiger partial charge in [-0.3, -0.25) is 9.78 Å². The number of carbonyl (C=O) groups excluding carboxylic acids is 1. The highest BCUT2D eigenvalue weighted by Crippen LogP contribution is 2.28. The van der Waals surface area contributed by atoms with Crippen molar-refractivity contribution in [3.8, 4) is 10.6 Å². The molecular weight excluding hydrogens is 325 g/mol. The van der Waals surface area contributed by atoms with Crippen LogP contribution in [0.1, 0.15) is 20.9 Å². The van der Waals surface area contributed by atoms with Crippen molar-refractivity contribution < 1.29 is 9.18 Å². The maximum Gasteiger partial charge on any atom is 0.265 e. The van der Waals surface area contributed by atoms with Crippen molar-refractivity contribution in [1.82, 2.24) is 14.9 Å². The molecule has 0 radical (unpaired) electrons. The van der Waals surface area contributed by atoms with Gasteiger partial charge in [0.15, 0.2) is 0 Å². The number of pyridine rings is 1. The smallest absolute Gasteiger partial charge is 0.265 e. The number of aryl methyl sites for hydroxylation is 1. The Morgan fingerprint density at radius 1 is 1.25 bits per heavy atom. The molecule has 0 saturated heterocycles. The van der Waals surface area contributed by atoms with Crippen LogP contribution in [0.2, 0.25) is 0 Å². The first-order valence-corrected chi connectivity index (χ1v) is 8.24. The summed E-state index contributed by atoms with van der Waals surface area (Å²) in [5, 5.41) is 0.753. The molecule has 1 aromatic carbocycles. The van der Waals surface area contributed by atoms with Crippen LogP contribution in [0, 0.1) is 12.7 Å². The highest BCUT2D eigenvalue weighted by atomic mass is 32.1. The van der Waals surface area contributed by atoms with Gasteiger partial charge >= 0.3 is 0 Å². The fourth-order valence-electron chi connectivity index (χ4n) is 2.33. The Bertz CT molecular complexity index is 864. The van der Waals surface area contributed by atoms with E-state index in [0.717, 1.165) is 10.6 Å². The first-order chi connectivity index (χ1) is 11.6. The lowest BCUT2D eigenvalue weighted by molar-refractivity contribution is 0.0787. The molecule has 0 bridgehead atoms. The minimum atomic E-state index is -0.311. The molecule has 0 N–H and O–H groups in total. The van der Waals surface area contributed by atoms with Crippen LogP contribution in [0.5, 0.6) is 0 Å². The van der Waals surface area contributed by atoms with Crippen LogP contribution >= 0.6 is 11.3 Å². The van der Waals surface area contributed by atoms with E-state index in [9.17, 15) is 9.18 Å². The Hall–Kier alpha value is -2.60. The van der Waals surface area contributed by atoms with Crippen molar-refractivity contribution in [3.63, 3.8) is 0 Å². The van der Waals surface area contributed by atoms with Gasteiger partial charge in [-0.15, -0.1) is 11.3 Å². The third kappa shape index (κ3) is 3.33. The zero-order chi connectivity index (χ0) is 17.1. The van der Waals surface area contributed by atoms with Gasteiger partial charge in [-0.1, -0.05) is 18.2 Å². The molecule has 3 aromatic rings. The van der Waals surface area contributed by atoms with Gasteiger partial charge < -0.3 is 4.90 Å². The van der Waals surface area contributed by atoms with Crippen LogP contribution < -0.4 is 0 Å². The van der Waals surface area contributed by atoms with E-state index in [2.05, 4.69) is 9.97 Å². The van der Waals surface area contributed by atoms with Crippen molar-refractivity contribution in [2.45, 2.75) is 13.5 Å². The van der Waals surface area contributed by atoms with Crippen LogP contribution in [-0.4, -0.2) is 27.8 Å². The maximum absolute atomic E-state index is 13.8. The van der Waals surface area contributed by atoms with E-state index < -0.39 is 0 Å². The van der Waals surface area contributed by atoms with Crippen LogP contribution in [0.15, 0.2) is 48.8 Å². The molecule has 0 atom stereocenters. The van der Waals surface area contributed by atoms with Crippen LogP contribution in [0.25, 0.3) is 10.6 Å². The Morgan fingerprint density at radius 3 is 2.75 bits per heavy atom. The second-order valence-electron chi connectivity index (χ2n) is 5.43. The minimum Gasteiger partial charge on any atom is -0.337 e. The summed E-state index contributed by atoms with van der Waals surface area (Å²) in [6.07, 6.45) is 3.41. The summed E-state index contributed by atoms with van der Waals surface area (Å²) in [4.78, 5) is 23.3. The molecule has 0 spiro atoms. The average molecular weight is 341 g/mol. The molecule has 0 aliphatic rings. The van der Waals surface area contributed by atoms with Gasteiger partial charge in [0.2, 0.25) is 0 Å². The van der Waals surface area contributed by atoms with E-state index in [-0.39, 0.29) is 18.3 Å². The summed E-state index contributed by atoms with van der Waals surface area (Å²) < 4.78 is 13.8. The molecule has 0 aliphatic carbocycles. The number of halogens is 1. The largest absolute Gasteiger partial charge is 0.337 e. The molecule has 2 heterocycles. The molecule has 0 aliphatic heterocycles. The van der Waals surface area contributed by atoms with Crippen molar-refractivity contribution in [2.24, 2.45) is 0 Å². The van der Waals surface area contributed by atoms with Crippen molar-refractivity contribution in [3.05, 3.63) is 70.7 Å². The van der Waals surface area contributed by atoms with E-state index in [0.29, 0.717) is 16.1 Å². The van der Waals surface area contributed by atoms with Gasteiger partial charge in [-0.2, -0.15) is 0 Å². The predicted octanol–water partition coefficient (Wildman–Crippen LogP) is 3.92. The zero-order valence-corrected chi connectivity index (χ0v) is 14.2. The fraction of sp³-hybridized carbons (Fsp3) is 0.167. The number of hydrogen-bond donors (Lipinski definition) is 0. The lowest BCUT2D eigenvalue weighted by Crippen LogP contribution is -2.26. The van der Waals surface area contributed by atoms with E-state index in [1.54, 1.807) is 44.6 Å². The summed E-state index contributed by atoms with van der Waals surface area (Å²) in [6.45, 7) is 2.02. The van der Waals surface area contributed by atoms with E-state index in [4.69, 9.17) is 0 Å². The molecular formula is C18H16FN3OS. The molecule has 4 nitrogen and oxygen atoms in total. The number of nitrogens with zero attached hydrogens (tertiary/aromatic N) is 3. The third-order valence-electron chi connectivity index (χ3n) is 3.61. The number of hydrogen-bond acceptors (Lipinski definition) is 4. The second-order valence-corrected chi connectivity index (χ2v) is 6.43. The molecule has 3 rings (SSSR count). The van der Waals surface area contributed by atoms with Crippen LogP contribution in [0.3, 0.4) is 0 Å². The van der Waals surface area contributed by atoms with Gasteiger partial charge in [0.25, 0.3) is 5.91 Å². The molecule has 0 unspecified atom stereocenters.